The molecule has 3 nitrogen and oxygen atoms in total. The van der Waals surface area contributed by atoms with Gasteiger partial charge in [0.15, 0.2) is 0 Å². The summed E-state index contributed by atoms with van der Waals surface area (Å²) in [5.41, 5.74) is 2.42. The topological polar surface area (TPSA) is 28.2 Å². The molecule has 18 heavy (non-hydrogen) atoms. The van der Waals surface area contributed by atoms with Gasteiger partial charge in [0.1, 0.15) is 0 Å². The normalized spacial score (nSPS) is 16.6. The summed E-state index contributed by atoms with van der Waals surface area (Å²) < 4.78 is 0. The van der Waals surface area contributed by atoms with Crippen LogP contribution in [0.4, 0.5) is 5.69 Å². The van der Waals surface area contributed by atoms with E-state index < -0.39 is 0 Å². The maximum Gasteiger partial charge on any atom is 0.0562 e. The zero-order valence-electron chi connectivity index (χ0n) is 11.8. The molecule has 0 aromatic carbocycles. The first-order valence-electron chi connectivity index (χ1n) is 7.08. The Kier molecular flexibility index (Phi) is 4.59. The van der Waals surface area contributed by atoms with Crippen molar-refractivity contribution in [2.75, 3.05) is 18.5 Å². The van der Waals surface area contributed by atoms with Gasteiger partial charge in [-0.2, -0.15) is 0 Å². The van der Waals surface area contributed by atoms with Gasteiger partial charge in [0, 0.05) is 38.1 Å². The second-order valence-electron chi connectivity index (χ2n) is 5.55. The van der Waals surface area contributed by atoms with Crippen molar-refractivity contribution in [1.29, 1.82) is 0 Å². The van der Waals surface area contributed by atoms with Crippen molar-refractivity contribution in [3.8, 4) is 0 Å². The second kappa shape index (κ2) is 6.19. The molecule has 1 aliphatic carbocycles. The molecule has 1 aliphatic rings. The van der Waals surface area contributed by atoms with E-state index in [0.717, 1.165) is 30.7 Å². The Bertz CT molecular complexity index is 374. The van der Waals surface area contributed by atoms with E-state index in [1.165, 1.54) is 24.9 Å². The molecule has 1 N–H and O–H groups in total. The van der Waals surface area contributed by atoms with E-state index in [-0.39, 0.29) is 0 Å². The zero-order chi connectivity index (χ0) is 13.0. The minimum atomic E-state index is 0.733. The monoisotopic (exact) mass is 247 g/mol. The molecule has 1 atom stereocenters. The van der Waals surface area contributed by atoms with E-state index in [0.29, 0.717) is 0 Å². The fourth-order valence-electron chi connectivity index (χ4n) is 2.04. The van der Waals surface area contributed by atoms with Crippen molar-refractivity contribution in [2.24, 2.45) is 5.92 Å². The Labute approximate surface area is 111 Å². The molecule has 0 bridgehead atoms. The van der Waals surface area contributed by atoms with Crippen LogP contribution in [0.15, 0.2) is 18.3 Å². The number of aromatic nitrogens is 1. The Hall–Kier alpha value is -1.09. The maximum atomic E-state index is 4.43. The number of hydrogen-bond acceptors (Lipinski definition) is 3. The lowest BCUT2D eigenvalue weighted by molar-refractivity contribution is 0.559. The van der Waals surface area contributed by atoms with Crippen molar-refractivity contribution in [3.63, 3.8) is 0 Å². The first-order valence-corrected chi connectivity index (χ1v) is 7.08. The van der Waals surface area contributed by atoms with Crippen LogP contribution in [0.3, 0.4) is 0 Å². The van der Waals surface area contributed by atoms with Crippen LogP contribution in [-0.4, -0.2) is 24.6 Å². The highest BCUT2D eigenvalue weighted by Crippen LogP contribution is 2.20. The summed E-state index contributed by atoms with van der Waals surface area (Å²) in [5.74, 6) is 0.733. The standard InChI is InChI=1S/C15H25N3/c1-4-12(2)11-18(3)15-7-8-16-14(9-15)10-17-13-5-6-13/h7-9,12-13,17H,4-6,10-11H2,1-3H3. The third-order valence-corrected chi connectivity index (χ3v) is 3.67. The van der Waals surface area contributed by atoms with E-state index in [9.17, 15) is 0 Å². The quantitative estimate of drug-likeness (QED) is 0.803. The third-order valence-electron chi connectivity index (χ3n) is 3.67. The Morgan fingerprint density at radius 2 is 2.28 bits per heavy atom. The van der Waals surface area contributed by atoms with Crippen molar-refractivity contribution in [1.82, 2.24) is 10.3 Å². The molecule has 1 heterocycles. The van der Waals surface area contributed by atoms with Gasteiger partial charge in [-0.05, 0) is 30.9 Å². The van der Waals surface area contributed by atoms with Crippen LogP contribution in [-0.2, 0) is 6.54 Å². The smallest absolute Gasteiger partial charge is 0.0562 e. The Balaban J connectivity index is 1.92. The van der Waals surface area contributed by atoms with Crippen LogP contribution in [0.1, 0.15) is 38.8 Å². The van der Waals surface area contributed by atoms with Crippen molar-refractivity contribution in [2.45, 2.75) is 45.7 Å². The molecule has 1 aromatic heterocycles. The van der Waals surface area contributed by atoms with E-state index >= 15 is 0 Å². The highest BCUT2D eigenvalue weighted by molar-refractivity contribution is 5.45. The average Bonchev–Trinajstić information content (AvgIpc) is 3.20. The molecule has 0 amide bonds. The van der Waals surface area contributed by atoms with Crippen molar-refractivity contribution in [3.05, 3.63) is 24.0 Å². The number of hydrogen-bond donors (Lipinski definition) is 1. The number of rotatable bonds is 7. The van der Waals surface area contributed by atoms with Gasteiger partial charge in [-0.15, -0.1) is 0 Å². The summed E-state index contributed by atoms with van der Waals surface area (Å²) in [4.78, 5) is 6.76. The molecule has 2 rings (SSSR count). The van der Waals surface area contributed by atoms with Crippen LogP contribution in [0.25, 0.3) is 0 Å². The molecule has 0 saturated heterocycles. The zero-order valence-corrected chi connectivity index (χ0v) is 11.8. The van der Waals surface area contributed by atoms with Gasteiger partial charge in [0.05, 0.1) is 5.69 Å². The molecular formula is C15H25N3. The summed E-state index contributed by atoms with van der Waals surface area (Å²) in [6.45, 7) is 6.55. The van der Waals surface area contributed by atoms with Gasteiger partial charge < -0.3 is 10.2 Å². The largest absolute Gasteiger partial charge is 0.374 e. The molecule has 100 valence electrons. The van der Waals surface area contributed by atoms with Gasteiger partial charge in [-0.1, -0.05) is 20.3 Å². The van der Waals surface area contributed by atoms with Crippen LogP contribution in [0.5, 0.6) is 0 Å². The van der Waals surface area contributed by atoms with Crippen LogP contribution in [0.2, 0.25) is 0 Å². The van der Waals surface area contributed by atoms with E-state index in [2.05, 4.69) is 48.2 Å². The first kappa shape index (κ1) is 13.3. The molecule has 1 fully saturated rings. The van der Waals surface area contributed by atoms with Gasteiger partial charge in [0.2, 0.25) is 0 Å². The average molecular weight is 247 g/mol. The van der Waals surface area contributed by atoms with Crippen LogP contribution >= 0.6 is 0 Å². The number of nitrogens with one attached hydrogen (secondary N) is 1. The Morgan fingerprint density at radius 3 is 2.94 bits per heavy atom. The van der Waals surface area contributed by atoms with Gasteiger partial charge in [-0.3, -0.25) is 4.98 Å². The summed E-state index contributed by atoms with van der Waals surface area (Å²) >= 11 is 0. The second-order valence-corrected chi connectivity index (χ2v) is 5.55. The lowest BCUT2D eigenvalue weighted by atomic mass is 10.1. The predicted octanol–water partition coefficient (Wildman–Crippen LogP) is 2.82. The van der Waals surface area contributed by atoms with Crippen molar-refractivity contribution >= 4 is 5.69 Å². The summed E-state index contributed by atoms with van der Waals surface area (Å²) in [5, 5.41) is 3.51. The fraction of sp³-hybridized carbons (Fsp3) is 0.667. The fourth-order valence-corrected chi connectivity index (χ4v) is 2.04. The SMILES string of the molecule is CCC(C)CN(C)c1ccnc(CNC2CC2)c1. The maximum absolute atomic E-state index is 4.43. The molecule has 1 aromatic rings. The lowest BCUT2D eigenvalue weighted by Gasteiger charge is -2.23. The Morgan fingerprint density at radius 1 is 1.50 bits per heavy atom. The predicted molar refractivity (Wildman–Crippen MR) is 76.8 cm³/mol. The molecule has 3 heteroatoms. The summed E-state index contributed by atoms with van der Waals surface area (Å²) in [7, 11) is 2.17. The molecule has 0 spiro atoms. The lowest BCUT2D eigenvalue weighted by Crippen LogP contribution is -2.24. The van der Waals surface area contributed by atoms with Gasteiger partial charge >= 0.3 is 0 Å². The molecule has 0 radical (unpaired) electrons. The van der Waals surface area contributed by atoms with E-state index in [4.69, 9.17) is 0 Å². The van der Waals surface area contributed by atoms with Gasteiger partial charge in [-0.25, -0.2) is 0 Å². The minimum absolute atomic E-state index is 0.733. The summed E-state index contributed by atoms with van der Waals surface area (Å²) in [6.07, 6.45) is 5.80. The van der Waals surface area contributed by atoms with Crippen molar-refractivity contribution < 1.29 is 0 Å². The molecule has 0 aliphatic heterocycles. The number of nitrogens with zero attached hydrogens (tertiary/aromatic N) is 2. The highest BCUT2D eigenvalue weighted by Gasteiger charge is 2.20. The number of pyridine rings is 1. The first-order chi connectivity index (χ1) is 8.69. The van der Waals surface area contributed by atoms with E-state index in [1.54, 1.807) is 0 Å². The van der Waals surface area contributed by atoms with Gasteiger partial charge in [0.25, 0.3) is 0 Å². The number of anilines is 1. The third kappa shape index (κ3) is 3.98. The van der Waals surface area contributed by atoms with Crippen LogP contribution < -0.4 is 10.2 Å². The molecule has 1 saturated carbocycles. The molecule has 1 unspecified atom stereocenters. The molecular weight excluding hydrogens is 222 g/mol. The van der Waals surface area contributed by atoms with Crippen LogP contribution in [0, 0.1) is 5.92 Å². The highest BCUT2D eigenvalue weighted by atomic mass is 15.1. The minimum Gasteiger partial charge on any atom is -0.374 e. The van der Waals surface area contributed by atoms with E-state index in [1.807, 2.05) is 6.20 Å². The summed E-state index contributed by atoms with van der Waals surface area (Å²) in [6, 6.07) is 5.05.